The fraction of sp³-hybridized carbons (Fsp3) is 0.435. The number of hydrogen-bond donors (Lipinski definition) is 4. The molecule has 9 heteroatoms. The zero-order valence-corrected chi connectivity index (χ0v) is 18.0. The Kier molecular flexibility index (Phi) is 5.22. The molecule has 1 aliphatic carbocycles. The number of aromatic nitrogens is 2. The zero-order chi connectivity index (χ0) is 22.4. The van der Waals surface area contributed by atoms with Gasteiger partial charge in [0, 0.05) is 37.4 Å². The number of pyridine rings is 2. The highest BCUT2D eigenvalue weighted by Gasteiger charge is 2.32. The lowest BCUT2D eigenvalue weighted by molar-refractivity contribution is 0.0785. The van der Waals surface area contributed by atoms with Gasteiger partial charge in [-0.05, 0) is 36.5 Å². The normalized spacial score (nSPS) is 23.8. The third-order valence-corrected chi connectivity index (χ3v) is 6.73. The van der Waals surface area contributed by atoms with E-state index in [0.717, 1.165) is 24.1 Å². The molecule has 0 radical (unpaired) electrons. The summed E-state index contributed by atoms with van der Waals surface area (Å²) in [4.78, 5) is 23.9. The quantitative estimate of drug-likeness (QED) is 0.488. The van der Waals surface area contributed by atoms with Crippen molar-refractivity contribution in [1.82, 2.24) is 9.97 Å². The molecular formula is C23H28N6O3. The zero-order valence-electron chi connectivity index (χ0n) is 18.0. The Labute approximate surface area is 185 Å². The smallest absolute Gasteiger partial charge is 0.263 e. The van der Waals surface area contributed by atoms with Crippen molar-refractivity contribution >= 4 is 34.3 Å². The molecule has 2 fully saturated rings. The predicted octanol–water partition coefficient (Wildman–Crippen LogP) is 2.47. The van der Waals surface area contributed by atoms with Crippen LogP contribution in [0.3, 0.4) is 0 Å². The number of carbonyl (C=O) groups excluding carboxylic acids is 1. The molecule has 1 saturated heterocycles. The van der Waals surface area contributed by atoms with Gasteiger partial charge in [-0.1, -0.05) is 13.3 Å². The molecular weight excluding hydrogens is 408 g/mol. The van der Waals surface area contributed by atoms with Crippen molar-refractivity contribution in [3.05, 3.63) is 41.9 Å². The summed E-state index contributed by atoms with van der Waals surface area (Å²) in [6.07, 6.45) is 8.04. The first kappa shape index (κ1) is 20.7. The Morgan fingerprint density at radius 3 is 2.84 bits per heavy atom. The van der Waals surface area contributed by atoms with Crippen molar-refractivity contribution in [3.8, 4) is 0 Å². The molecule has 3 atom stereocenters. The largest absolute Gasteiger partial charge is 0.438 e. The molecule has 6 N–H and O–H groups in total. The Morgan fingerprint density at radius 2 is 2.12 bits per heavy atom. The Bertz CT molecular complexity index is 1150. The van der Waals surface area contributed by atoms with Gasteiger partial charge >= 0.3 is 0 Å². The number of nitrogens with two attached hydrogens (primary N) is 2. The van der Waals surface area contributed by atoms with Gasteiger partial charge < -0.3 is 31.2 Å². The van der Waals surface area contributed by atoms with Gasteiger partial charge in [-0.3, -0.25) is 14.8 Å². The van der Waals surface area contributed by atoms with Crippen LogP contribution >= 0.6 is 0 Å². The van der Waals surface area contributed by atoms with Crippen molar-refractivity contribution in [3.63, 3.8) is 0 Å². The predicted molar refractivity (Wildman–Crippen MR) is 123 cm³/mol. The summed E-state index contributed by atoms with van der Waals surface area (Å²) in [6.45, 7) is 3.04. The van der Waals surface area contributed by atoms with E-state index in [4.69, 9.17) is 15.9 Å². The molecule has 3 aromatic rings. The van der Waals surface area contributed by atoms with Crippen LogP contribution in [0.5, 0.6) is 0 Å². The maximum Gasteiger partial charge on any atom is 0.263 e. The molecule has 0 unspecified atom stereocenters. The van der Waals surface area contributed by atoms with E-state index in [0.29, 0.717) is 35.8 Å². The number of aliphatic hydroxyl groups excluding tert-OH is 1. The maximum atomic E-state index is 13.2. The summed E-state index contributed by atoms with van der Waals surface area (Å²) in [5, 5.41) is 13.1. The molecule has 1 saturated carbocycles. The fourth-order valence-electron chi connectivity index (χ4n) is 4.65. The third-order valence-electron chi connectivity index (χ3n) is 6.73. The Balaban J connectivity index is 1.42. The van der Waals surface area contributed by atoms with Crippen LogP contribution in [0.1, 0.15) is 48.0 Å². The number of furan rings is 1. The lowest BCUT2D eigenvalue weighted by atomic mass is 9.81. The number of piperidine rings is 1. The van der Waals surface area contributed by atoms with Gasteiger partial charge in [-0.25, -0.2) is 0 Å². The topological polar surface area (TPSA) is 144 Å². The van der Waals surface area contributed by atoms with E-state index < -0.39 is 12.0 Å². The lowest BCUT2D eigenvalue weighted by Crippen LogP contribution is -2.55. The fourth-order valence-corrected chi connectivity index (χ4v) is 4.65. The van der Waals surface area contributed by atoms with Crippen LogP contribution in [0.2, 0.25) is 0 Å². The highest BCUT2D eigenvalue weighted by Crippen LogP contribution is 2.38. The van der Waals surface area contributed by atoms with E-state index in [1.54, 1.807) is 12.4 Å². The van der Waals surface area contributed by atoms with E-state index in [9.17, 15) is 9.90 Å². The number of nitrogens with zero attached hydrogens (tertiary/aromatic N) is 3. The average Bonchev–Trinajstić information content (AvgIpc) is 3.06. The van der Waals surface area contributed by atoms with Crippen LogP contribution in [-0.2, 0) is 0 Å². The summed E-state index contributed by atoms with van der Waals surface area (Å²) >= 11 is 0. The van der Waals surface area contributed by atoms with E-state index in [-0.39, 0.29) is 23.4 Å². The summed E-state index contributed by atoms with van der Waals surface area (Å²) in [5.74, 6) is 0.134. The van der Waals surface area contributed by atoms with Gasteiger partial charge in [0.15, 0.2) is 5.58 Å². The minimum atomic E-state index is -0.556. The molecule has 1 amide bonds. The highest BCUT2D eigenvalue weighted by atomic mass is 16.3. The second-order valence-corrected chi connectivity index (χ2v) is 8.97. The number of nitrogens with one attached hydrogen (secondary N) is 1. The van der Waals surface area contributed by atoms with Gasteiger partial charge in [0.25, 0.3) is 5.91 Å². The third kappa shape index (κ3) is 3.57. The second kappa shape index (κ2) is 8.07. The monoisotopic (exact) mass is 436 g/mol. The molecule has 5 rings (SSSR count). The van der Waals surface area contributed by atoms with Crippen molar-refractivity contribution in [2.45, 2.75) is 44.2 Å². The molecule has 32 heavy (non-hydrogen) atoms. The molecule has 1 aliphatic heterocycles. The number of carbonyl (C=O) groups is 1. The van der Waals surface area contributed by atoms with E-state index in [1.807, 2.05) is 25.3 Å². The first-order valence-electron chi connectivity index (χ1n) is 11.0. The molecule has 9 nitrogen and oxygen atoms in total. The van der Waals surface area contributed by atoms with Crippen molar-refractivity contribution in [1.29, 1.82) is 0 Å². The van der Waals surface area contributed by atoms with E-state index in [1.165, 1.54) is 6.42 Å². The molecule has 168 valence electrons. The SMILES string of the molecule is C[C@H]1CN(c2ccncc2NC(=O)c2c(N)oc3cc(C4CCC4)cnc23)C[C@@H](N)[C@@H]1O. The first-order valence-corrected chi connectivity index (χ1v) is 11.0. The average molecular weight is 437 g/mol. The van der Waals surface area contributed by atoms with Crippen LogP contribution in [0.25, 0.3) is 11.1 Å². The van der Waals surface area contributed by atoms with Gasteiger partial charge in [-0.2, -0.15) is 0 Å². The highest BCUT2D eigenvalue weighted by molar-refractivity contribution is 6.15. The van der Waals surface area contributed by atoms with Gasteiger partial charge in [0.1, 0.15) is 11.1 Å². The standard InChI is InChI=1S/C23H28N6O3/c1-12-10-29(11-15(24)21(12)30)17-5-6-26-9-16(17)28-23(31)19-20-18(32-22(19)25)7-14(8-27-20)13-3-2-4-13/h5-9,12-13,15,21,30H,2-4,10-11,24-25H2,1H3,(H,28,31)/t12-,15+,21+/m0/s1. The van der Waals surface area contributed by atoms with Crippen LogP contribution in [0, 0.1) is 5.92 Å². The number of rotatable bonds is 4. The number of aliphatic hydroxyl groups is 1. The maximum absolute atomic E-state index is 13.2. The minimum Gasteiger partial charge on any atom is -0.438 e. The molecule has 2 aliphatic rings. The van der Waals surface area contributed by atoms with Crippen LogP contribution in [-0.4, -0.2) is 46.2 Å². The summed E-state index contributed by atoms with van der Waals surface area (Å²) in [5.41, 5.74) is 15.8. The number of hydrogen-bond acceptors (Lipinski definition) is 8. The molecule has 4 heterocycles. The van der Waals surface area contributed by atoms with Gasteiger partial charge in [0.05, 0.1) is 23.7 Å². The van der Waals surface area contributed by atoms with Crippen LogP contribution < -0.4 is 21.7 Å². The first-order chi connectivity index (χ1) is 15.4. The number of nitrogen functional groups attached to an aromatic ring is 1. The Morgan fingerprint density at radius 1 is 1.31 bits per heavy atom. The summed E-state index contributed by atoms with van der Waals surface area (Å²) < 4.78 is 5.69. The second-order valence-electron chi connectivity index (χ2n) is 8.97. The number of amides is 1. The molecule has 3 aromatic heterocycles. The minimum absolute atomic E-state index is 0.00186. The lowest BCUT2D eigenvalue weighted by Gasteiger charge is -2.40. The van der Waals surface area contributed by atoms with E-state index >= 15 is 0 Å². The molecule has 0 aromatic carbocycles. The molecule has 0 bridgehead atoms. The molecule has 0 spiro atoms. The van der Waals surface area contributed by atoms with Crippen LogP contribution in [0.4, 0.5) is 17.3 Å². The van der Waals surface area contributed by atoms with Crippen molar-refractivity contribution < 1.29 is 14.3 Å². The Hall–Kier alpha value is -3.17. The summed E-state index contributed by atoms with van der Waals surface area (Å²) in [6, 6.07) is 3.39. The van der Waals surface area contributed by atoms with Crippen molar-refractivity contribution in [2.24, 2.45) is 11.7 Å². The van der Waals surface area contributed by atoms with Crippen LogP contribution in [0.15, 0.2) is 35.1 Å². The number of fused-ring (bicyclic) bond motifs is 1. The van der Waals surface area contributed by atoms with Gasteiger partial charge in [0.2, 0.25) is 5.88 Å². The van der Waals surface area contributed by atoms with Crippen molar-refractivity contribution in [2.75, 3.05) is 29.0 Å². The summed E-state index contributed by atoms with van der Waals surface area (Å²) in [7, 11) is 0. The number of anilines is 3. The van der Waals surface area contributed by atoms with E-state index in [2.05, 4.69) is 20.2 Å². The van der Waals surface area contributed by atoms with Gasteiger partial charge in [-0.15, -0.1) is 0 Å².